The molecule has 0 radical (unpaired) electrons. The maximum absolute atomic E-state index is 10.9. The third-order valence-corrected chi connectivity index (χ3v) is 4.96. The van der Waals surface area contributed by atoms with Gasteiger partial charge in [-0.25, -0.2) is 0 Å². The second-order valence-corrected chi connectivity index (χ2v) is 7.50. The van der Waals surface area contributed by atoms with E-state index in [-0.39, 0.29) is 5.92 Å². The van der Waals surface area contributed by atoms with Crippen LogP contribution >= 0.6 is 11.6 Å². The highest BCUT2D eigenvalue weighted by atomic mass is 35.5. The van der Waals surface area contributed by atoms with Crippen LogP contribution < -0.4 is 4.74 Å². The fourth-order valence-electron chi connectivity index (χ4n) is 3.13. The number of rotatable bonds is 8. The summed E-state index contributed by atoms with van der Waals surface area (Å²) in [5.74, 6) is 0.331. The maximum Gasteiger partial charge on any atom is 0.306 e. The molecular formula is C22H23ClO3. The zero-order chi connectivity index (χ0) is 18.7. The minimum atomic E-state index is -0.659. The number of hydrogen-bond donors (Lipinski definition) is 1. The summed E-state index contributed by atoms with van der Waals surface area (Å²) >= 11 is 6.17. The van der Waals surface area contributed by atoms with Gasteiger partial charge in [0.1, 0.15) is 12.4 Å². The predicted octanol–water partition coefficient (Wildman–Crippen LogP) is 5.62. The van der Waals surface area contributed by atoms with E-state index in [1.54, 1.807) is 0 Å². The van der Waals surface area contributed by atoms with Crippen molar-refractivity contribution in [2.75, 3.05) is 6.61 Å². The summed E-state index contributed by atoms with van der Waals surface area (Å²) in [4.78, 5) is 10.9. The highest BCUT2D eigenvalue weighted by Crippen LogP contribution is 2.42. The molecule has 3 rings (SSSR count). The van der Waals surface area contributed by atoms with Crippen LogP contribution in [0.25, 0.3) is 11.1 Å². The molecule has 1 fully saturated rings. The largest absolute Gasteiger partial charge is 0.489 e. The minimum absolute atomic E-state index is 0.131. The number of ether oxygens (including phenoxy) is 1. The van der Waals surface area contributed by atoms with Crippen LogP contribution in [-0.2, 0) is 11.2 Å². The van der Waals surface area contributed by atoms with Gasteiger partial charge in [-0.15, -0.1) is 0 Å². The molecule has 4 heteroatoms. The summed E-state index contributed by atoms with van der Waals surface area (Å²) in [5.41, 5.74) is 4.18. The number of aliphatic carboxylic acids is 1. The summed E-state index contributed by atoms with van der Waals surface area (Å²) in [6.07, 6.45) is 2.66. The van der Waals surface area contributed by atoms with Crippen LogP contribution in [0, 0.1) is 11.8 Å². The Labute approximate surface area is 159 Å². The minimum Gasteiger partial charge on any atom is -0.489 e. The third-order valence-electron chi connectivity index (χ3n) is 4.72. The van der Waals surface area contributed by atoms with Gasteiger partial charge in [0.05, 0.1) is 5.92 Å². The molecule has 26 heavy (non-hydrogen) atoms. The first-order chi connectivity index (χ1) is 12.4. The smallest absolute Gasteiger partial charge is 0.306 e. The van der Waals surface area contributed by atoms with Crippen LogP contribution in [0.3, 0.4) is 0 Å². The normalized spacial score (nSPS) is 18.4. The first kappa shape index (κ1) is 18.5. The molecule has 0 aromatic heterocycles. The molecule has 2 aromatic rings. The Kier molecular flexibility index (Phi) is 5.67. The molecular weight excluding hydrogens is 348 g/mol. The van der Waals surface area contributed by atoms with Crippen LogP contribution in [0.5, 0.6) is 5.75 Å². The van der Waals surface area contributed by atoms with E-state index in [9.17, 15) is 4.79 Å². The highest BCUT2D eigenvalue weighted by molar-refractivity contribution is 6.31. The van der Waals surface area contributed by atoms with Gasteiger partial charge < -0.3 is 9.84 Å². The van der Waals surface area contributed by atoms with E-state index >= 15 is 0 Å². The fourth-order valence-corrected chi connectivity index (χ4v) is 3.30. The summed E-state index contributed by atoms with van der Waals surface area (Å²) < 4.78 is 5.85. The average molecular weight is 371 g/mol. The van der Waals surface area contributed by atoms with Crippen LogP contribution in [0.4, 0.5) is 0 Å². The van der Waals surface area contributed by atoms with Crippen molar-refractivity contribution in [3.05, 3.63) is 65.2 Å². The molecule has 3 nitrogen and oxygen atoms in total. The van der Waals surface area contributed by atoms with Crippen LogP contribution in [-0.4, -0.2) is 17.7 Å². The summed E-state index contributed by atoms with van der Waals surface area (Å²) in [6.45, 7) is 6.27. The Hall–Kier alpha value is -2.26. The number of carbonyl (C=O) groups is 1. The monoisotopic (exact) mass is 370 g/mol. The van der Waals surface area contributed by atoms with E-state index in [1.807, 2.05) is 25.1 Å². The van der Waals surface area contributed by atoms with E-state index < -0.39 is 5.97 Å². The SMILES string of the molecule is C=C(C)COc1ccc(Cl)cc1-c1ccc(CCC2CC2C(=O)O)cc1. The molecule has 0 heterocycles. The molecule has 2 aromatic carbocycles. The van der Waals surface area contributed by atoms with Gasteiger partial charge in [-0.1, -0.05) is 42.4 Å². The van der Waals surface area contributed by atoms with Gasteiger partial charge in [-0.2, -0.15) is 0 Å². The van der Waals surface area contributed by atoms with E-state index in [4.69, 9.17) is 21.4 Å². The molecule has 136 valence electrons. The topological polar surface area (TPSA) is 46.5 Å². The summed E-state index contributed by atoms with van der Waals surface area (Å²) in [5, 5.41) is 9.65. The van der Waals surface area contributed by atoms with Gasteiger partial charge in [0, 0.05) is 10.6 Å². The Morgan fingerprint density at radius 3 is 2.62 bits per heavy atom. The van der Waals surface area contributed by atoms with Crippen molar-refractivity contribution in [1.82, 2.24) is 0 Å². The molecule has 0 amide bonds. The van der Waals surface area contributed by atoms with Crippen molar-refractivity contribution in [1.29, 1.82) is 0 Å². The van der Waals surface area contributed by atoms with E-state index in [2.05, 4.69) is 30.8 Å². The van der Waals surface area contributed by atoms with Crippen molar-refractivity contribution in [3.63, 3.8) is 0 Å². The Balaban J connectivity index is 1.69. The fraction of sp³-hybridized carbons (Fsp3) is 0.318. The number of aryl methyl sites for hydroxylation is 1. The maximum atomic E-state index is 10.9. The van der Waals surface area contributed by atoms with Crippen molar-refractivity contribution < 1.29 is 14.6 Å². The van der Waals surface area contributed by atoms with Crippen molar-refractivity contribution >= 4 is 17.6 Å². The molecule has 0 saturated heterocycles. The Bertz CT molecular complexity index is 811. The second kappa shape index (κ2) is 7.96. The highest BCUT2D eigenvalue weighted by Gasteiger charge is 2.42. The molecule has 1 aliphatic carbocycles. The first-order valence-corrected chi connectivity index (χ1v) is 9.20. The molecule has 1 N–H and O–H groups in total. The van der Waals surface area contributed by atoms with Crippen LogP contribution in [0.15, 0.2) is 54.6 Å². The number of hydrogen-bond acceptors (Lipinski definition) is 2. The summed E-state index contributed by atoms with van der Waals surface area (Å²) in [6, 6.07) is 13.9. The first-order valence-electron chi connectivity index (χ1n) is 8.83. The predicted molar refractivity (Wildman–Crippen MR) is 105 cm³/mol. The van der Waals surface area contributed by atoms with Gasteiger partial charge in [0.15, 0.2) is 0 Å². The zero-order valence-corrected chi connectivity index (χ0v) is 15.6. The molecule has 2 atom stereocenters. The Morgan fingerprint density at radius 2 is 2.00 bits per heavy atom. The zero-order valence-electron chi connectivity index (χ0n) is 14.9. The molecule has 0 aliphatic heterocycles. The lowest BCUT2D eigenvalue weighted by Crippen LogP contribution is -2.00. The number of carboxylic acids is 1. The Morgan fingerprint density at radius 1 is 1.27 bits per heavy atom. The van der Waals surface area contributed by atoms with E-state index in [1.165, 1.54) is 5.56 Å². The lowest BCUT2D eigenvalue weighted by atomic mass is 10.0. The molecule has 0 bridgehead atoms. The van der Waals surface area contributed by atoms with E-state index in [0.29, 0.717) is 17.5 Å². The average Bonchev–Trinajstić information content (AvgIpc) is 3.39. The lowest BCUT2D eigenvalue weighted by Gasteiger charge is -2.13. The van der Waals surface area contributed by atoms with Crippen LogP contribution in [0.1, 0.15) is 25.3 Å². The standard InChI is InChI=1S/C22H23ClO3/c1-14(2)13-26-21-10-9-18(23)12-19(21)16-6-3-15(4-7-16)5-8-17-11-20(17)22(24)25/h3-4,6-7,9-10,12,17,20H,1,5,8,11,13H2,2H3,(H,24,25). The third kappa shape index (κ3) is 4.67. The van der Waals surface area contributed by atoms with Gasteiger partial charge in [-0.3, -0.25) is 4.79 Å². The number of carboxylic acid groups (broad SMARTS) is 1. The molecule has 1 aliphatic rings. The lowest BCUT2D eigenvalue weighted by molar-refractivity contribution is -0.138. The van der Waals surface area contributed by atoms with Gasteiger partial charge >= 0.3 is 5.97 Å². The van der Waals surface area contributed by atoms with Crippen molar-refractivity contribution in [2.45, 2.75) is 26.2 Å². The molecule has 2 unspecified atom stereocenters. The number of benzene rings is 2. The van der Waals surface area contributed by atoms with Gasteiger partial charge in [-0.05, 0) is 67.0 Å². The van der Waals surface area contributed by atoms with Crippen molar-refractivity contribution in [2.24, 2.45) is 11.8 Å². The van der Waals surface area contributed by atoms with Gasteiger partial charge in [0.25, 0.3) is 0 Å². The summed E-state index contributed by atoms with van der Waals surface area (Å²) in [7, 11) is 0. The van der Waals surface area contributed by atoms with E-state index in [0.717, 1.165) is 41.7 Å². The van der Waals surface area contributed by atoms with Gasteiger partial charge in [0.2, 0.25) is 0 Å². The quantitative estimate of drug-likeness (QED) is 0.614. The molecule has 1 saturated carbocycles. The molecule has 0 spiro atoms. The second-order valence-electron chi connectivity index (χ2n) is 7.06. The number of halogens is 1. The van der Waals surface area contributed by atoms with Crippen LogP contribution in [0.2, 0.25) is 5.02 Å². The van der Waals surface area contributed by atoms with Crippen molar-refractivity contribution in [3.8, 4) is 16.9 Å².